The number of hydrogen-bond donors (Lipinski definition) is 0. The van der Waals surface area contributed by atoms with Crippen molar-refractivity contribution in [1.82, 2.24) is 0 Å². The molecule has 1 nitrogen and oxygen atoms in total. The van der Waals surface area contributed by atoms with Gasteiger partial charge in [0.25, 0.3) is 0 Å². The van der Waals surface area contributed by atoms with Gasteiger partial charge in [0.2, 0.25) is 0 Å². The molecule has 0 aromatic heterocycles. The van der Waals surface area contributed by atoms with Crippen molar-refractivity contribution in [3.05, 3.63) is 0 Å². The van der Waals surface area contributed by atoms with Gasteiger partial charge in [-0.15, -0.1) is 0 Å². The Hall–Kier alpha value is -0.240. The van der Waals surface area contributed by atoms with Crippen molar-refractivity contribution >= 4 is 11.6 Å². The Morgan fingerprint density at radius 1 is 1.00 bits per heavy atom. The first-order valence-corrected chi connectivity index (χ1v) is 2.99. The van der Waals surface area contributed by atoms with Gasteiger partial charge in [-0.3, -0.25) is 4.74 Å². The maximum absolute atomic E-state index is 12.2. The number of hydrogen-bond acceptors (Lipinski definition) is 1. The molecule has 0 heterocycles. The van der Waals surface area contributed by atoms with Crippen molar-refractivity contribution < 1.29 is 35.5 Å². The normalized spacial score (nSPS) is 18.0. The molecule has 13 heavy (non-hydrogen) atoms. The first kappa shape index (κ1) is 12.8. The molecule has 0 saturated heterocycles. The Morgan fingerprint density at radius 2 is 1.38 bits per heavy atom. The molecule has 80 valence electrons. The van der Waals surface area contributed by atoms with Crippen LogP contribution in [0.3, 0.4) is 0 Å². The maximum Gasteiger partial charge on any atom is 0.379 e. The maximum atomic E-state index is 12.2. The van der Waals surface area contributed by atoms with Crippen LogP contribution in [0.5, 0.6) is 0 Å². The summed E-state index contributed by atoms with van der Waals surface area (Å²) < 4.78 is 83.8. The molecule has 0 aliphatic rings. The van der Waals surface area contributed by atoms with Crippen molar-refractivity contribution in [2.75, 3.05) is 0 Å². The molecule has 1 atom stereocenters. The van der Waals surface area contributed by atoms with Crippen LogP contribution in [0, 0.1) is 0 Å². The molecule has 0 amide bonds. The van der Waals surface area contributed by atoms with Crippen molar-refractivity contribution in [2.24, 2.45) is 0 Å². The van der Waals surface area contributed by atoms with E-state index in [4.69, 9.17) is 0 Å². The lowest BCUT2D eigenvalue weighted by Crippen LogP contribution is -2.48. The van der Waals surface area contributed by atoms with E-state index in [1.807, 2.05) is 0 Å². The smallest absolute Gasteiger partial charge is 0.267 e. The van der Waals surface area contributed by atoms with E-state index in [-0.39, 0.29) is 0 Å². The highest BCUT2D eigenvalue weighted by Crippen LogP contribution is 2.42. The molecule has 0 saturated carbocycles. The fourth-order valence-corrected chi connectivity index (χ4v) is 0.467. The molecule has 0 fully saturated rings. The number of ether oxygens (including phenoxy) is 1. The lowest BCUT2D eigenvalue weighted by atomic mass is 10.3. The second-order valence-electron chi connectivity index (χ2n) is 1.82. The lowest BCUT2D eigenvalue weighted by molar-refractivity contribution is -0.322. The van der Waals surface area contributed by atoms with E-state index in [1.54, 1.807) is 0 Å². The van der Waals surface area contributed by atoms with E-state index >= 15 is 0 Å². The van der Waals surface area contributed by atoms with Gasteiger partial charge in [-0.25, -0.2) is 8.78 Å². The molecule has 0 radical (unpaired) electrons. The van der Waals surface area contributed by atoms with Crippen LogP contribution in [-0.4, -0.2) is 24.3 Å². The summed E-state index contributed by atoms with van der Waals surface area (Å²) in [5.41, 5.74) is 0. The Balaban J connectivity index is 4.60. The van der Waals surface area contributed by atoms with E-state index in [9.17, 15) is 30.7 Å². The van der Waals surface area contributed by atoms with E-state index in [2.05, 4.69) is 16.3 Å². The highest BCUT2D eigenvalue weighted by Gasteiger charge is 2.63. The van der Waals surface area contributed by atoms with Crippen LogP contribution >= 0.6 is 11.6 Å². The van der Waals surface area contributed by atoms with Gasteiger partial charge in [0.15, 0.2) is 0 Å². The zero-order chi connectivity index (χ0) is 10.9. The van der Waals surface area contributed by atoms with Crippen LogP contribution < -0.4 is 0 Å². The summed E-state index contributed by atoms with van der Waals surface area (Å²) in [6, 6.07) is 0. The van der Waals surface area contributed by atoms with Crippen molar-refractivity contribution in [1.29, 1.82) is 0 Å². The standard InChI is InChI=1S/C4H2ClF7O/c5-4(12,13-2(8)9)3(10,11)1(6)7/h1-2H. The second kappa shape index (κ2) is 3.87. The molecule has 0 aromatic rings. The minimum absolute atomic E-state index is 2.50. The topological polar surface area (TPSA) is 9.23 Å². The molecule has 0 aliphatic carbocycles. The Labute approximate surface area is 72.4 Å². The first-order chi connectivity index (χ1) is 5.61. The predicted octanol–water partition coefficient (Wildman–Crippen LogP) is 2.99. The van der Waals surface area contributed by atoms with Gasteiger partial charge >= 0.3 is 24.3 Å². The van der Waals surface area contributed by atoms with Gasteiger partial charge in [0.1, 0.15) is 0 Å². The molecule has 9 heteroatoms. The fourth-order valence-electron chi connectivity index (χ4n) is 0.317. The zero-order valence-electron chi connectivity index (χ0n) is 5.59. The molecule has 0 rings (SSSR count). The number of alkyl halides is 8. The van der Waals surface area contributed by atoms with E-state index < -0.39 is 24.3 Å². The number of halogens is 8. The largest absolute Gasteiger partial charge is 0.379 e. The minimum atomic E-state index is -5.51. The van der Waals surface area contributed by atoms with E-state index in [0.29, 0.717) is 0 Å². The fraction of sp³-hybridized carbons (Fsp3) is 1.00. The van der Waals surface area contributed by atoms with Crippen molar-refractivity contribution in [3.8, 4) is 0 Å². The third-order valence-corrected chi connectivity index (χ3v) is 1.24. The van der Waals surface area contributed by atoms with E-state index in [0.717, 1.165) is 0 Å². The molecule has 0 bridgehead atoms. The quantitative estimate of drug-likeness (QED) is 0.537. The third kappa shape index (κ3) is 2.87. The van der Waals surface area contributed by atoms with Crippen LogP contribution in [0.4, 0.5) is 30.7 Å². The van der Waals surface area contributed by atoms with Gasteiger partial charge in [-0.2, -0.15) is 22.0 Å². The minimum Gasteiger partial charge on any atom is -0.267 e. The molecule has 0 aromatic carbocycles. The average molecular weight is 234 g/mol. The predicted molar refractivity (Wildman–Crippen MR) is 27.7 cm³/mol. The molecule has 1 unspecified atom stereocenters. The van der Waals surface area contributed by atoms with Crippen LogP contribution in [0.1, 0.15) is 0 Å². The Morgan fingerprint density at radius 3 is 1.62 bits per heavy atom. The summed E-state index contributed by atoms with van der Waals surface area (Å²) >= 11 is 4.02. The average Bonchev–Trinajstić information content (AvgIpc) is 1.83. The second-order valence-corrected chi connectivity index (χ2v) is 2.31. The summed E-state index contributed by atoms with van der Waals surface area (Å²) in [5, 5.41) is -4.92. The van der Waals surface area contributed by atoms with Crippen LogP contribution in [0.15, 0.2) is 0 Å². The summed E-state index contributed by atoms with van der Waals surface area (Å²) in [6.45, 7) is -4.02. The first-order valence-electron chi connectivity index (χ1n) is 2.61. The van der Waals surface area contributed by atoms with E-state index in [1.165, 1.54) is 0 Å². The van der Waals surface area contributed by atoms with Crippen LogP contribution in [-0.2, 0) is 4.74 Å². The lowest BCUT2D eigenvalue weighted by Gasteiger charge is -2.26. The van der Waals surface area contributed by atoms with Gasteiger partial charge in [-0.05, 0) is 11.6 Å². The molecular formula is C4H2ClF7O. The summed E-state index contributed by atoms with van der Waals surface area (Å²) in [5.74, 6) is -5.51. The number of rotatable bonds is 4. The summed E-state index contributed by atoms with van der Waals surface area (Å²) in [4.78, 5) is 0. The molecule has 0 aliphatic heterocycles. The van der Waals surface area contributed by atoms with Gasteiger partial charge in [-0.1, -0.05) is 0 Å². The van der Waals surface area contributed by atoms with Gasteiger partial charge in [0, 0.05) is 0 Å². The monoisotopic (exact) mass is 234 g/mol. The summed E-state index contributed by atoms with van der Waals surface area (Å²) in [7, 11) is 0. The van der Waals surface area contributed by atoms with Crippen molar-refractivity contribution in [3.63, 3.8) is 0 Å². The highest BCUT2D eigenvalue weighted by atomic mass is 35.5. The highest BCUT2D eigenvalue weighted by molar-refractivity contribution is 6.22. The summed E-state index contributed by atoms with van der Waals surface area (Å²) in [6.07, 6.45) is -4.55. The SMILES string of the molecule is FC(F)OC(F)(Cl)C(F)(F)C(F)F. The Kier molecular flexibility index (Phi) is 3.80. The molecular weight excluding hydrogens is 232 g/mol. The van der Waals surface area contributed by atoms with Crippen LogP contribution in [0.2, 0.25) is 0 Å². The third-order valence-electron chi connectivity index (χ3n) is 0.899. The molecule has 0 spiro atoms. The zero-order valence-corrected chi connectivity index (χ0v) is 6.34. The van der Waals surface area contributed by atoms with Crippen LogP contribution in [0.25, 0.3) is 0 Å². The van der Waals surface area contributed by atoms with Gasteiger partial charge < -0.3 is 0 Å². The molecule has 0 N–H and O–H groups in total. The van der Waals surface area contributed by atoms with Crippen molar-refractivity contribution in [2.45, 2.75) is 24.3 Å². The Bertz CT molecular complexity index is 170. The van der Waals surface area contributed by atoms with Gasteiger partial charge in [0.05, 0.1) is 0 Å².